The Labute approximate surface area is 117 Å². The van der Waals surface area contributed by atoms with Gasteiger partial charge in [0.2, 0.25) is 0 Å². The number of carbonyl (C=O) groups is 2. The van der Waals surface area contributed by atoms with E-state index in [1.165, 1.54) is 5.56 Å². The van der Waals surface area contributed by atoms with Gasteiger partial charge in [0, 0.05) is 12.0 Å². The van der Waals surface area contributed by atoms with Gasteiger partial charge in [-0.1, -0.05) is 54.1 Å². The first-order chi connectivity index (χ1) is 9.54. The molecule has 102 valence electrons. The highest BCUT2D eigenvalue weighted by molar-refractivity contribution is 5.97. The molecule has 0 heterocycles. The fourth-order valence-electron chi connectivity index (χ4n) is 1.98. The van der Waals surface area contributed by atoms with Crippen molar-refractivity contribution < 1.29 is 14.7 Å². The largest absolute Gasteiger partial charge is 0.481 e. The molecule has 0 atom stereocenters. The van der Waals surface area contributed by atoms with Gasteiger partial charge in [-0.05, 0) is 18.1 Å². The molecule has 0 aliphatic rings. The van der Waals surface area contributed by atoms with E-state index in [0.717, 1.165) is 5.56 Å². The fraction of sp³-hybridized carbons (Fsp3) is 0.176. The summed E-state index contributed by atoms with van der Waals surface area (Å²) in [5.74, 6) is -0.834. The SMILES string of the molecule is Cc1ccc(CC(=O)c2ccc(CC(=O)O)cc2)cc1. The van der Waals surface area contributed by atoms with Crippen molar-refractivity contribution in [1.82, 2.24) is 0 Å². The van der Waals surface area contributed by atoms with Gasteiger partial charge in [-0.3, -0.25) is 9.59 Å². The first kappa shape index (κ1) is 14.0. The Morgan fingerprint density at radius 1 is 0.850 bits per heavy atom. The molecule has 0 radical (unpaired) electrons. The lowest BCUT2D eigenvalue weighted by Crippen LogP contribution is -2.05. The van der Waals surface area contributed by atoms with Crippen molar-refractivity contribution in [2.75, 3.05) is 0 Å². The summed E-state index contributed by atoms with van der Waals surface area (Å²) >= 11 is 0. The average Bonchev–Trinajstić information content (AvgIpc) is 2.41. The van der Waals surface area contributed by atoms with Crippen LogP contribution in [0.25, 0.3) is 0 Å². The van der Waals surface area contributed by atoms with Gasteiger partial charge in [-0.25, -0.2) is 0 Å². The first-order valence-corrected chi connectivity index (χ1v) is 6.44. The monoisotopic (exact) mass is 268 g/mol. The highest BCUT2D eigenvalue weighted by atomic mass is 16.4. The summed E-state index contributed by atoms with van der Waals surface area (Å²) in [6.07, 6.45) is 0.338. The summed E-state index contributed by atoms with van der Waals surface area (Å²) in [4.78, 5) is 22.7. The van der Waals surface area contributed by atoms with Crippen molar-refractivity contribution in [2.45, 2.75) is 19.8 Å². The van der Waals surface area contributed by atoms with Crippen LogP contribution in [0.1, 0.15) is 27.0 Å². The Balaban J connectivity index is 2.05. The summed E-state index contributed by atoms with van der Waals surface area (Å²) in [7, 11) is 0. The van der Waals surface area contributed by atoms with Crippen molar-refractivity contribution in [3.05, 3.63) is 70.8 Å². The second-order valence-corrected chi connectivity index (χ2v) is 4.85. The minimum absolute atomic E-state index is 0.0214. The number of hydrogen-bond acceptors (Lipinski definition) is 2. The molecule has 0 saturated heterocycles. The standard InChI is InChI=1S/C17H16O3/c1-12-2-4-13(5-3-12)10-16(18)15-8-6-14(7-9-15)11-17(19)20/h2-9H,10-11H2,1H3,(H,19,20). The molecule has 0 bridgehead atoms. The zero-order chi connectivity index (χ0) is 14.5. The van der Waals surface area contributed by atoms with Gasteiger partial charge in [0.15, 0.2) is 5.78 Å². The van der Waals surface area contributed by atoms with Crippen LogP contribution in [0, 0.1) is 6.92 Å². The zero-order valence-corrected chi connectivity index (χ0v) is 11.3. The predicted octanol–water partition coefficient (Wildman–Crippen LogP) is 3.05. The van der Waals surface area contributed by atoms with Crippen LogP contribution < -0.4 is 0 Å². The quantitative estimate of drug-likeness (QED) is 0.848. The van der Waals surface area contributed by atoms with Gasteiger partial charge < -0.3 is 5.11 Å². The highest BCUT2D eigenvalue weighted by Crippen LogP contribution is 2.11. The van der Waals surface area contributed by atoms with Crippen molar-refractivity contribution in [2.24, 2.45) is 0 Å². The molecule has 0 fully saturated rings. The molecule has 2 aromatic carbocycles. The number of ketones is 1. The second kappa shape index (κ2) is 6.15. The Morgan fingerprint density at radius 2 is 1.35 bits per heavy atom. The number of aliphatic carboxylic acids is 1. The lowest BCUT2D eigenvalue weighted by atomic mass is 10.0. The number of carboxylic acids is 1. The van der Waals surface area contributed by atoms with Crippen LogP contribution in [0.2, 0.25) is 0 Å². The first-order valence-electron chi connectivity index (χ1n) is 6.44. The van der Waals surface area contributed by atoms with E-state index in [4.69, 9.17) is 5.11 Å². The van der Waals surface area contributed by atoms with Crippen LogP contribution in [-0.2, 0) is 17.6 Å². The van der Waals surface area contributed by atoms with Gasteiger partial charge >= 0.3 is 5.97 Å². The smallest absolute Gasteiger partial charge is 0.307 e. The zero-order valence-electron chi connectivity index (χ0n) is 11.3. The molecular weight excluding hydrogens is 252 g/mol. The maximum absolute atomic E-state index is 12.1. The van der Waals surface area contributed by atoms with Crippen LogP contribution >= 0.6 is 0 Å². The predicted molar refractivity (Wildman–Crippen MR) is 77.0 cm³/mol. The molecule has 0 unspecified atom stereocenters. The summed E-state index contributed by atoms with van der Waals surface area (Å²) in [5, 5.41) is 8.70. The normalized spacial score (nSPS) is 10.2. The topological polar surface area (TPSA) is 54.4 Å². The van der Waals surface area contributed by atoms with E-state index in [2.05, 4.69) is 0 Å². The minimum atomic E-state index is -0.872. The van der Waals surface area contributed by atoms with Crippen LogP contribution in [0.15, 0.2) is 48.5 Å². The number of carboxylic acid groups (broad SMARTS) is 1. The van der Waals surface area contributed by atoms with Crippen molar-refractivity contribution in [1.29, 1.82) is 0 Å². The summed E-state index contributed by atoms with van der Waals surface area (Å²) in [6.45, 7) is 2.01. The molecule has 2 rings (SSSR count). The van der Waals surface area contributed by atoms with Crippen LogP contribution in [0.5, 0.6) is 0 Å². The van der Waals surface area contributed by atoms with Gasteiger partial charge in [-0.15, -0.1) is 0 Å². The Kier molecular flexibility index (Phi) is 4.31. The number of benzene rings is 2. The molecule has 0 saturated carbocycles. The van der Waals surface area contributed by atoms with E-state index in [-0.39, 0.29) is 12.2 Å². The lowest BCUT2D eigenvalue weighted by Gasteiger charge is -2.03. The number of carbonyl (C=O) groups excluding carboxylic acids is 1. The molecule has 20 heavy (non-hydrogen) atoms. The molecule has 0 spiro atoms. The van der Waals surface area contributed by atoms with E-state index in [0.29, 0.717) is 17.5 Å². The fourth-order valence-corrected chi connectivity index (χ4v) is 1.98. The molecule has 3 heteroatoms. The van der Waals surface area contributed by atoms with Gasteiger partial charge in [0.05, 0.1) is 6.42 Å². The van der Waals surface area contributed by atoms with Crippen LogP contribution in [0.4, 0.5) is 0 Å². The lowest BCUT2D eigenvalue weighted by molar-refractivity contribution is -0.136. The average molecular weight is 268 g/mol. The molecule has 0 aliphatic heterocycles. The van der Waals surface area contributed by atoms with E-state index in [1.807, 2.05) is 31.2 Å². The van der Waals surface area contributed by atoms with Crippen molar-refractivity contribution in [3.63, 3.8) is 0 Å². The number of aryl methyl sites for hydroxylation is 1. The molecule has 0 aromatic heterocycles. The molecule has 2 aromatic rings. The number of hydrogen-bond donors (Lipinski definition) is 1. The van der Waals surface area contributed by atoms with Crippen molar-refractivity contribution >= 4 is 11.8 Å². The van der Waals surface area contributed by atoms with Gasteiger partial charge in [0.1, 0.15) is 0 Å². The molecular formula is C17H16O3. The third kappa shape index (κ3) is 3.79. The van der Waals surface area contributed by atoms with Crippen molar-refractivity contribution in [3.8, 4) is 0 Å². The number of rotatable bonds is 5. The summed E-state index contributed by atoms with van der Waals surface area (Å²) in [6, 6.07) is 14.6. The maximum atomic E-state index is 12.1. The van der Waals surface area contributed by atoms with E-state index in [9.17, 15) is 9.59 Å². The molecule has 1 N–H and O–H groups in total. The van der Waals surface area contributed by atoms with E-state index in [1.54, 1.807) is 24.3 Å². The third-order valence-corrected chi connectivity index (χ3v) is 3.12. The Morgan fingerprint density at radius 3 is 1.90 bits per heavy atom. The molecule has 3 nitrogen and oxygen atoms in total. The van der Waals surface area contributed by atoms with E-state index < -0.39 is 5.97 Å². The highest BCUT2D eigenvalue weighted by Gasteiger charge is 2.08. The van der Waals surface area contributed by atoms with Gasteiger partial charge in [-0.2, -0.15) is 0 Å². The Bertz CT molecular complexity index is 610. The third-order valence-electron chi connectivity index (χ3n) is 3.12. The second-order valence-electron chi connectivity index (χ2n) is 4.85. The van der Waals surface area contributed by atoms with Gasteiger partial charge in [0.25, 0.3) is 0 Å². The summed E-state index contributed by atoms with van der Waals surface area (Å²) in [5.41, 5.74) is 3.46. The number of Topliss-reactive ketones (excluding diaryl/α,β-unsaturated/α-hetero) is 1. The Hall–Kier alpha value is -2.42. The van der Waals surface area contributed by atoms with E-state index >= 15 is 0 Å². The van der Waals surface area contributed by atoms with Crippen LogP contribution in [-0.4, -0.2) is 16.9 Å². The molecule has 0 aliphatic carbocycles. The molecule has 0 amide bonds. The summed E-state index contributed by atoms with van der Waals surface area (Å²) < 4.78 is 0. The maximum Gasteiger partial charge on any atom is 0.307 e. The van der Waals surface area contributed by atoms with Crippen LogP contribution in [0.3, 0.4) is 0 Å². The minimum Gasteiger partial charge on any atom is -0.481 e.